The summed E-state index contributed by atoms with van der Waals surface area (Å²) < 4.78 is 12.3. The van der Waals surface area contributed by atoms with Crippen molar-refractivity contribution in [2.24, 2.45) is 0 Å². The van der Waals surface area contributed by atoms with Crippen LogP contribution in [0.4, 0.5) is 11.4 Å². The Balaban J connectivity index is 1.79. The lowest BCUT2D eigenvalue weighted by Gasteiger charge is -2.13. The average molecular weight is 326 g/mol. The summed E-state index contributed by atoms with van der Waals surface area (Å²) >= 11 is 0. The van der Waals surface area contributed by atoms with E-state index in [-0.39, 0.29) is 11.8 Å². The number of rotatable bonds is 3. The minimum absolute atomic E-state index is 0.198. The molecule has 4 nitrogen and oxygen atoms in total. The van der Waals surface area contributed by atoms with Gasteiger partial charge in [-0.3, -0.25) is 13.9 Å². The predicted molar refractivity (Wildman–Crippen MR) is 94.6 cm³/mol. The van der Waals surface area contributed by atoms with Gasteiger partial charge in [0.15, 0.2) is 0 Å². The molecule has 1 saturated heterocycles. The summed E-state index contributed by atoms with van der Waals surface area (Å²) in [5.41, 5.74) is 3.92. The van der Waals surface area contributed by atoms with E-state index in [1.54, 1.807) is 11.1 Å². The number of nitrogens with one attached hydrogen (secondary N) is 1. The second-order valence-electron chi connectivity index (χ2n) is 5.56. The van der Waals surface area contributed by atoms with E-state index in [4.69, 9.17) is 0 Å². The molecule has 1 atom stereocenters. The Morgan fingerprint density at radius 3 is 2.17 bits per heavy atom. The van der Waals surface area contributed by atoms with E-state index in [1.165, 1.54) is 0 Å². The smallest absolute Gasteiger partial charge is 0.269 e. The SMILES string of the molecule is Cc1ccc(NC=C2C(=O)N(c3ccc(C)cc3)CS2=O)cc1. The fraction of sp³-hybridized carbons (Fsp3) is 0.167. The van der Waals surface area contributed by atoms with Crippen LogP contribution in [-0.2, 0) is 15.6 Å². The molecule has 1 N–H and O–H groups in total. The van der Waals surface area contributed by atoms with Crippen LogP contribution in [0.25, 0.3) is 0 Å². The molecule has 2 aromatic carbocycles. The number of hydrogen-bond donors (Lipinski definition) is 1. The molecule has 1 heterocycles. The zero-order valence-electron chi connectivity index (χ0n) is 13.1. The van der Waals surface area contributed by atoms with E-state index in [0.29, 0.717) is 4.91 Å². The average Bonchev–Trinajstić information content (AvgIpc) is 2.82. The second kappa shape index (κ2) is 6.38. The highest BCUT2D eigenvalue weighted by molar-refractivity contribution is 7.90. The first kappa shape index (κ1) is 15.5. The van der Waals surface area contributed by atoms with Gasteiger partial charge in [-0.05, 0) is 38.1 Å². The van der Waals surface area contributed by atoms with Crippen molar-refractivity contribution in [3.05, 3.63) is 70.8 Å². The third-order valence-corrected chi connectivity index (χ3v) is 4.99. The number of nitrogens with zero attached hydrogens (tertiary/aromatic N) is 1. The van der Waals surface area contributed by atoms with Gasteiger partial charge in [0.25, 0.3) is 5.91 Å². The summed E-state index contributed by atoms with van der Waals surface area (Å²) in [7, 11) is -1.33. The van der Waals surface area contributed by atoms with Gasteiger partial charge in [0.2, 0.25) is 0 Å². The van der Waals surface area contributed by atoms with E-state index in [9.17, 15) is 9.00 Å². The molecule has 5 heteroatoms. The van der Waals surface area contributed by atoms with Crippen LogP contribution < -0.4 is 10.2 Å². The van der Waals surface area contributed by atoms with Crippen molar-refractivity contribution < 1.29 is 9.00 Å². The Morgan fingerprint density at radius 1 is 1.00 bits per heavy atom. The summed E-state index contributed by atoms with van der Waals surface area (Å²) in [5, 5.41) is 3.05. The minimum Gasteiger partial charge on any atom is -0.360 e. The van der Waals surface area contributed by atoms with Crippen LogP contribution in [0.15, 0.2) is 59.6 Å². The molecule has 0 aliphatic carbocycles. The number of carbonyl (C=O) groups excluding carboxylic acids is 1. The zero-order valence-corrected chi connectivity index (χ0v) is 13.9. The molecular weight excluding hydrogens is 308 g/mol. The molecule has 1 aliphatic heterocycles. The molecular formula is C18H18N2O2S. The third kappa shape index (κ3) is 3.35. The number of amides is 1. The highest BCUT2D eigenvalue weighted by Crippen LogP contribution is 2.25. The molecule has 0 bridgehead atoms. The van der Waals surface area contributed by atoms with Crippen LogP contribution in [0.3, 0.4) is 0 Å². The maximum Gasteiger partial charge on any atom is 0.269 e. The zero-order chi connectivity index (χ0) is 16.4. The second-order valence-corrected chi connectivity index (χ2v) is 6.95. The fourth-order valence-corrected chi connectivity index (χ4v) is 3.45. The van der Waals surface area contributed by atoms with E-state index in [2.05, 4.69) is 5.32 Å². The highest BCUT2D eigenvalue weighted by Gasteiger charge is 2.33. The third-order valence-electron chi connectivity index (χ3n) is 3.71. The topological polar surface area (TPSA) is 49.4 Å². The largest absolute Gasteiger partial charge is 0.360 e. The molecule has 0 spiro atoms. The molecule has 1 aliphatic rings. The molecule has 1 unspecified atom stereocenters. The lowest BCUT2D eigenvalue weighted by atomic mass is 10.2. The van der Waals surface area contributed by atoms with Crippen LogP contribution >= 0.6 is 0 Å². The standard InChI is InChI=1S/C18H18N2O2S/c1-13-3-7-15(8-4-13)19-11-17-18(21)20(12-23(17)22)16-9-5-14(2)6-10-16/h3-11,19H,12H2,1-2H3. The molecule has 0 saturated carbocycles. The van der Waals surface area contributed by atoms with Crippen LogP contribution in [0, 0.1) is 13.8 Å². The van der Waals surface area contributed by atoms with Gasteiger partial charge >= 0.3 is 0 Å². The predicted octanol–water partition coefficient (Wildman–Crippen LogP) is 3.31. The molecule has 0 radical (unpaired) electrons. The molecule has 2 aromatic rings. The van der Waals surface area contributed by atoms with Crippen molar-refractivity contribution in [1.82, 2.24) is 0 Å². The van der Waals surface area contributed by atoms with Crippen molar-refractivity contribution in [2.75, 3.05) is 16.1 Å². The summed E-state index contributed by atoms with van der Waals surface area (Å²) in [4.78, 5) is 14.4. The first-order valence-corrected chi connectivity index (χ1v) is 8.67. The summed E-state index contributed by atoms with van der Waals surface area (Å²) in [5.74, 6) is -0.0182. The van der Waals surface area contributed by atoms with Gasteiger partial charge < -0.3 is 5.32 Å². The normalized spacial score (nSPS) is 19.4. The summed E-state index contributed by atoms with van der Waals surface area (Å²) in [6, 6.07) is 15.4. The van der Waals surface area contributed by atoms with Gasteiger partial charge in [-0.25, -0.2) is 0 Å². The maximum absolute atomic E-state index is 12.5. The Bertz CT molecular complexity index is 780. The van der Waals surface area contributed by atoms with Crippen molar-refractivity contribution in [1.29, 1.82) is 0 Å². The van der Waals surface area contributed by atoms with Gasteiger partial charge in [0, 0.05) is 17.6 Å². The highest BCUT2D eigenvalue weighted by atomic mass is 32.2. The van der Waals surface area contributed by atoms with Gasteiger partial charge in [0.1, 0.15) is 10.8 Å². The Hall–Kier alpha value is -2.40. The fourth-order valence-electron chi connectivity index (χ4n) is 2.32. The molecule has 0 aromatic heterocycles. The molecule has 1 fully saturated rings. The van der Waals surface area contributed by atoms with Crippen molar-refractivity contribution >= 4 is 28.1 Å². The first-order chi connectivity index (χ1) is 11.0. The van der Waals surface area contributed by atoms with Crippen LogP contribution in [0.5, 0.6) is 0 Å². The summed E-state index contributed by atoms with van der Waals surface area (Å²) in [6.07, 6.45) is 1.55. The van der Waals surface area contributed by atoms with Gasteiger partial charge in [-0.2, -0.15) is 0 Å². The van der Waals surface area contributed by atoms with Crippen LogP contribution in [0.2, 0.25) is 0 Å². The number of aryl methyl sites for hydroxylation is 2. The Labute approximate surface area is 138 Å². The van der Waals surface area contributed by atoms with Crippen molar-refractivity contribution in [2.45, 2.75) is 13.8 Å². The number of benzene rings is 2. The van der Waals surface area contributed by atoms with E-state index < -0.39 is 10.8 Å². The van der Waals surface area contributed by atoms with Gasteiger partial charge in [0.05, 0.1) is 10.8 Å². The van der Waals surface area contributed by atoms with E-state index >= 15 is 0 Å². The van der Waals surface area contributed by atoms with Crippen LogP contribution in [-0.4, -0.2) is 16.0 Å². The monoisotopic (exact) mass is 326 g/mol. The summed E-state index contributed by atoms with van der Waals surface area (Å²) in [6.45, 7) is 4.00. The van der Waals surface area contributed by atoms with Gasteiger partial charge in [-0.1, -0.05) is 35.4 Å². The minimum atomic E-state index is -1.33. The number of anilines is 2. The van der Waals surface area contributed by atoms with Crippen LogP contribution in [0.1, 0.15) is 11.1 Å². The molecule has 23 heavy (non-hydrogen) atoms. The van der Waals surface area contributed by atoms with Crippen molar-refractivity contribution in [3.8, 4) is 0 Å². The molecule has 3 rings (SSSR count). The first-order valence-electron chi connectivity index (χ1n) is 7.35. The molecule has 1 amide bonds. The van der Waals surface area contributed by atoms with E-state index in [1.807, 2.05) is 62.4 Å². The van der Waals surface area contributed by atoms with E-state index in [0.717, 1.165) is 22.5 Å². The maximum atomic E-state index is 12.5. The Morgan fingerprint density at radius 2 is 1.57 bits per heavy atom. The lowest BCUT2D eigenvalue weighted by molar-refractivity contribution is -0.114. The molecule has 118 valence electrons. The number of carbonyl (C=O) groups is 1. The number of hydrogen-bond acceptors (Lipinski definition) is 3. The van der Waals surface area contributed by atoms with Gasteiger partial charge in [-0.15, -0.1) is 0 Å². The van der Waals surface area contributed by atoms with Crippen molar-refractivity contribution in [3.63, 3.8) is 0 Å². The Kier molecular flexibility index (Phi) is 4.30. The lowest BCUT2D eigenvalue weighted by Crippen LogP contribution is -2.24. The quantitative estimate of drug-likeness (QED) is 0.881.